The Morgan fingerprint density at radius 1 is 0.377 bits per heavy atom. The number of rotatable bonds is 14. The van der Waals surface area contributed by atoms with Crippen molar-refractivity contribution in [3.05, 3.63) is 113 Å². The van der Waals surface area contributed by atoms with Crippen LogP contribution in [0.4, 0.5) is 0 Å². The molecule has 3 aromatic heterocycles. The fourth-order valence-electron chi connectivity index (χ4n) is 8.88. The molecule has 0 amide bonds. The summed E-state index contributed by atoms with van der Waals surface area (Å²) in [4.78, 5) is 30.3. The molecule has 9 rings (SSSR count). The summed E-state index contributed by atoms with van der Waals surface area (Å²) in [6.07, 6.45) is 7.81. The van der Waals surface area contributed by atoms with Gasteiger partial charge in [0.1, 0.15) is 0 Å². The van der Waals surface area contributed by atoms with Gasteiger partial charge in [0.15, 0.2) is 34.5 Å². The molecule has 5 heterocycles. The molecular weight excluding hydrogens is 881 g/mol. The van der Waals surface area contributed by atoms with Gasteiger partial charge in [-0.05, 0) is 119 Å². The third-order valence-electron chi connectivity index (χ3n) is 12.0. The van der Waals surface area contributed by atoms with Crippen molar-refractivity contribution in [3.8, 4) is 96.3 Å². The summed E-state index contributed by atoms with van der Waals surface area (Å²) >= 11 is 0. The van der Waals surface area contributed by atoms with E-state index in [1.165, 1.54) is 0 Å². The molecule has 0 saturated heterocycles. The molecule has 8 bridgehead atoms. The summed E-state index contributed by atoms with van der Waals surface area (Å²) in [6, 6.07) is 25.9. The molecule has 0 spiro atoms. The number of aromatic nitrogens is 4. The maximum absolute atomic E-state index is 12.0. The maximum Gasteiger partial charge on any atom is 0.335 e. The first kappa shape index (κ1) is 45.3. The van der Waals surface area contributed by atoms with Crippen molar-refractivity contribution in [2.24, 2.45) is 0 Å². The highest BCUT2D eigenvalue weighted by molar-refractivity contribution is 6.01. The molecule has 3 N–H and O–H groups in total. The number of carboxylic acids is 1. The molecular formula is C54H48N4O11. The molecule has 2 aliphatic heterocycles. The monoisotopic (exact) mass is 928 g/mol. The van der Waals surface area contributed by atoms with Gasteiger partial charge < -0.3 is 57.7 Å². The van der Waals surface area contributed by atoms with E-state index < -0.39 is 5.97 Å². The highest BCUT2D eigenvalue weighted by Crippen LogP contribution is 2.47. The summed E-state index contributed by atoms with van der Waals surface area (Å²) < 4.78 is 52.4. The van der Waals surface area contributed by atoms with Gasteiger partial charge in [-0.3, -0.25) is 0 Å². The van der Waals surface area contributed by atoms with E-state index in [0.29, 0.717) is 124 Å². The second-order valence-electron chi connectivity index (χ2n) is 15.6. The smallest absolute Gasteiger partial charge is 0.335 e. The number of nitrogens with zero attached hydrogens (tertiary/aromatic N) is 2. The lowest BCUT2D eigenvalue weighted by Crippen LogP contribution is -1.97. The van der Waals surface area contributed by atoms with Gasteiger partial charge in [-0.2, -0.15) is 0 Å². The third-order valence-corrected chi connectivity index (χ3v) is 12.0. The van der Waals surface area contributed by atoms with Crippen molar-refractivity contribution in [1.82, 2.24) is 19.9 Å². The Kier molecular flexibility index (Phi) is 12.3. The van der Waals surface area contributed by atoms with Gasteiger partial charge in [0.2, 0.25) is 17.2 Å². The number of aromatic carboxylic acids is 1. The molecule has 350 valence electrons. The first-order valence-electron chi connectivity index (χ1n) is 21.5. The summed E-state index contributed by atoms with van der Waals surface area (Å²) in [5, 5.41) is 9.85. The van der Waals surface area contributed by atoms with Crippen LogP contribution in [0.25, 0.3) is 90.9 Å². The first-order valence-corrected chi connectivity index (χ1v) is 21.5. The van der Waals surface area contributed by atoms with Crippen LogP contribution < -0.4 is 42.6 Å². The van der Waals surface area contributed by atoms with Crippen LogP contribution in [0.15, 0.2) is 84.9 Å². The predicted molar refractivity (Wildman–Crippen MR) is 267 cm³/mol. The topological polar surface area (TPSA) is 178 Å². The highest BCUT2D eigenvalue weighted by atomic mass is 16.5. The summed E-state index contributed by atoms with van der Waals surface area (Å²) in [5.74, 6) is 2.98. The van der Waals surface area contributed by atoms with Gasteiger partial charge in [-0.25, -0.2) is 14.8 Å². The van der Waals surface area contributed by atoms with Gasteiger partial charge >= 0.3 is 5.97 Å². The fourth-order valence-corrected chi connectivity index (χ4v) is 8.88. The van der Waals surface area contributed by atoms with Crippen LogP contribution in [0, 0.1) is 0 Å². The van der Waals surface area contributed by atoms with Crippen LogP contribution in [-0.4, -0.2) is 95.0 Å². The lowest BCUT2D eigenvalue weighted by molar-refractivity contribution is 0.0697. The van der Waals surface area contributed by atoms with Gasteiger partial charge in [0.05, 0.1) is 92.3 Å². The molecule has 2 aliphatic rings. The number of aromatic amines is 2. The SMILES string of the molecule is COc1cc(-c2c3nc(c(-c4cc(OC)c(OC)c(OC)c4)c4ccc([nH]4)c(-c4cc(OC)c(OC)c(OC)c4)c4nc(c(-c5ccc(C(=O)O)cc5)c5ccc2[nH]5)C=C4)C=C3)cc(OC)c1OC. The minimum atomic E-state index is -1.04. The van der Waals surface area contributed by atoms with Crippen LogP contribution in [0.5, 0.6) is 51.7 Å². The third kappa shape index (κ3) is 8.03. The lowest BCUT2D eigenvalue weighted by atomic mass is 10.0. The van der Waals surface area contributed by atoms with Gasteiger partial charge in [-0.15, -0.1) is 0 Å². The number of H-pyrrole nitrogens is 2. The van der Waals surface area contributed by atoms with Crippen molar-refractivity contribution in [3.63, 3.8) is 0 Å². The summed E-state index contributed by atoms with van der Waals surface area (Å²) in [7, 11) is 14.1. The van der Waals surface area contributed by atoms with E-state index in [1.807, 2.05) is 85.0 Å². The predicted octanol–water partition coefficient (Wildman–Crippen LogP) is 11.1. The standard InChI is InChI=1S/C54H48N4O11/c1-61-41-22-30(23-42(62-2)51(41)67-7)48-35-16-14-33(55-35)47(28-10-12-29(13-11-28)54(59)60)34-15-17-36(56-34)49(31-24-43(63-3)52(68-8)44(25-31)64-4)38-19-21-40(58-38)50(39-20-18-37(48)57-39)32-26-45(65-5)53(69-9)46(27-32)66-6/h10-27,55,58H,1-9H3,(H,59,60). The van der Waals surface area contributed by atoms with Gasteiger partial charge in [-0.1, -0.05) is 12.1 Å². The van der Waals surface area contributed by atoms with E-state index in [2.05, 4.69) is 9.97 Å². The zero-order chi connectivity index (χ0) is 48.5. The van der Waals surface area contributed by atoms with E-state index in [1.54, 1.807) is 88.3 Å². The van der Waals surface area contributed by atoms with E-state index in [9.17, 15) is 9.90 Å². The number of hydrogen-bond acceptors (Lipinski definition) is 12. The Labute approximate surface area is 397 Å². The number of fused-ring (bicyclic) bond motifs is 8. The minimum Gasteiger partial charge on any atom is -0.493 e. The Bertz CT molecular complexity index is 3270. The van der Waals surface area contributed by atoms with E-state index >= 15 is 0 Å². The molecule has 15 nitrogen and oxygen atoms in total. The summed E-state index contributed by atoms with van der Waals surface area (Å²) in [6.45, 7) is 0. The molecule has 0 unspecified atom stereocenters. The molecule has 69 heavy (non-hydrogen) atoms. The lowest BCUT2D eigenvalue weighted by Gasteiger charge is -2.15. The Balaban J connectivity index is 1.49. The number of carboxylic acid groups (broad SMARTS) is 1. The van der Waals surface area contributed by atoms with E-state index in [-0.39, 0.29) is 5.56 Å². The Morgan fingerprint density at radius 3 is 0.870 bits per heavy atom. The quantitative estimate of drug-likeness (QED) is 0.0939. The Morgan fingerprint density at radius 2 is 0.638 bits per heavy atom. The first-order chi connectivity index (χ1) is 33.6. The van der Waals surface area contributed by atoms with Crippen LogP contribution >= 0.6 is 0 Å². The van der Waals surface area contributed by atoms with Gasteiger partial charge in [0.25, 0.3) is 0 Å². The van der Waals surface area contributed by atoms with Crippen molar-refractivity contribution < 1.29 is 52.5 Å². The molecule has 15 heteroatoms. The minimum absolute atomic E-state index is 0.148. The average Bonchev–Trinajstić information content (AvgIpc) is 4.24. The normalized spacial score (nSPS) is 11.6. The number of methoxy groups -OCH3 is 9. The molecule has 0 radical (unpaired) electrons. The average molecular weight is 929 g/mol. The Hall–Kier alpha value is -8.85. The van der Waals surface area contributed by atoms with Crippen LogP contribution in [0.2, 0.25) is 0 Å². The fraction of sp³-hybridized carbons (Fsp3) is 0.167. The molecule has 0 saturated carbocycles. The van der Waals surface area contributed by atoms with Crippen molar-refractivity contribution >= 4 is 52.3 Å². The zero-order valence-corrected chi connectivity index (χ0v) is 39.3. The zero-order valence-electron chi connectivity index (χ0n) is 39.3. The number of carbonyl (C=O) groups is 1. The van der Waals surface area contributed by atoms with Crippen molar-refractivity contribution in [1.29, 1.82) is 0 Å². The van der Waals surface area contributed by atoms with Crippen molar-refractivity contribution in [2.45, 2.75) is 0 Å². The number of hydrogen-bond donors (Lipinski definition) is 3. The number of benzene rings is 4. The number of nitrogens with one attached hydrogen (secondary N) is 2. The molecule has 4 aromatic carbocycles. The van der Waals surface area contributed by atoms with Crippen molar-refractivity contribution in [2.75, 3.05) is 64.0 Å². The van der Waals surface area contributed by atoms with Crippen LogP contribution in [0.3, 0.4) is 0 Å². The largest absolute Gasteiger partial charge is 0.493 e. The second-order valence-corrected chi connectivity index (χ2v) is 15.6. The van der Waals surface area contributed by atoms with E-state index in [4.69, 9.17) is 52.6 Å². The number of ether oxygens (including phenoxy) is 9. The summed E-state index contributed by atoms with van der Waals surface area (Å²) in [5.41, 5.74) is 11.1. The molecule has 0 atom stereocenters. The molecule has 0 fully saturated rings. The van der Waals surface area contributed by atoms with Crippen LogP contribution in [0.1, 0.15) is 33.1 Å². The maximum atomic E-state index is 12.0. The highest BCUT2D eigenvalue weighted by Gasteiger charge is 2.24. The second kappa shape index (κ2) is 18.8. The van der Waals surface area contributed by atoms with Gasteiger partial charge in [0, 0.05) is 44.3 Å². The molecule has 7 aromatic rings. The molecule has 0 aliphatic carbocycles. The van der Waals surface area contributed by atoms with Crippen LogP contribution in [-0.2, 0) is 0 Å². The van der Waals surface area contributed by atoms with E-state index in [0.717, 1.165) is 16.7 Å².